The number of nitrogens with zero attached hydrogens (tertiary/aromatic N) is 5. The summed E-state index contributed by atoms with van der Waals surface area (Å²) < 4.78 is 22.0. The summed E-state index contributed by atoms with van der Waals surface area (Å²) >= 11 is 0. The minimum Gasteiger partial charge on any atom is -0.491 e. The first kappa shape index (κ1) is 23.6. The second-order valence-corrected chi connectivity index (χ2v) is 8.21. The maximum atomic E-state index is 12.0. The summed E-state index contributed by atoms with van der Waals surface area (Å²) in [7, 11) is 0. The Morgan fingerprint density at radius 3 is 2.64 bits per heavy atom. The Hall–Kier alpha value is -4.16. The van der Waals surface area contributed by atoms with Gasteiger partial charge in [-0.1, -0.05) is 12.1 Å². The molecule has 0 bridgehead atoms. The number of benzene rings is 2. The normalized spacial score (nSPS) is 15.1. The van der Waals surface area contributed by atoms with E-state index in [0.29, 0.717) is 37.7 Å². The molecule has 3 heterocycles. The van der Waals surface area contributed by atoms with Gasteiger partial charge in [0.05, 0.1) is 11.5 Å². The molecule has 0 saturated carbocycles. The highest BCUT2D eigenvalue weighted by atomic mass is 16.7. The van der Waals surface area contributed by atoms with Gasteiger partial charge in [0.15, 0.2) is 11.5 Å². The Morgan fingerprint density at radius 1 is 1.03 bits per heavy atom. The second-order valence-electron chi connectivity index (χ2n) is 8.21. The van der Waals surface area contributed by atoms with E-state index in [-0.39, 0.29) is 37.4 Å². The van der Waals surface area contributed by atoms with Crippen LogP contribution in [0.5, 0.6) is 28.9 Å². The van der Waals surface area contributed by atoms with Gasteiger partial charge in [0.25, 0.3) is 0 Å². The molecule has 2 aliphatic heterocycles. The number of rotatable bonds is 9. The Kier molecular flexibility index (Phi) is 6.96. The lowest BCUT2D eigenvalue weighted by atomic mass is 10.1. The Bertz CT molecular complexity index is 1230. The molecule has 36 heavy (non-hydrogen) atoms. The topological polar surface area (TPSA) is 133 Å². The number of hydrogen-bond donors (Lipinski definition) is 1. The van der Waals surface area contributed by atoms with Crippen molar-refractivity contribution in [2.24, 2.45) is 0 Å². The lowest BCUT2D eigenvalue weighted by Gasteiger charge is -2.35. The van der Waals surface area contributed by atoms with Gasteiger partial charge in [0.1, 0.15) is 24.4 Å². The Labute approximate surface area is 206 Å². The highest BCUT2D eigenvalue weighted by molar-refractivity contribution is 5.63. The van der Waals surface area contributed by atoms with Gasteiger partial charge in [-0.2, -0.15) is 4.98 Å². The van der Waals surface area contributed by atoms with E-state index in [9.17, 15) is 10.1 Å². The van der Waals surface area contributed by atoms with Gasteiger partial charge in [0, 0.05) is 38.8 Å². The van der Waals surface area contributed by atoms with Gasteiger partial charge in [-0.3, -0.25) is 15.0 Å². The molecule has 0 unspecified atom stereocenters. The monoisotopic (exact) mass is 495 g/mol. The molecule has 1 saturated heterocycles. The predicted octanol–water partition coefficient (Wildman–Crippen LogP) is 2.60. The number of fused-ring (bicyclic) bond motifs is 1. The number of piperazine rings is 1. The van der Waals surface area contributed by atoms with Gasteiger partial charge in [0.2, 0.25) is 12.6 Å². The molecule has 188 valence electrons. The molecule has 12 heteroatoms. The number of aromatic nitrogens is 2. The molecule has 2 aliphatic rings. The van der Waals surface area contributed by atoms with Crippen LogP contribution in [0.25, 0.3) is 0 Å². The van der Waals surface area contributed by atoms with Crippen LogP contribution < -0.4 is 23.8 Å². The third-order valence-electron chi connectivity index (χ3n) is 5.85. The molecule has 0 atom stereocenters. The molecule has 5 rings (SSSR count). The lowest BCUT2D eigenvalue weighted by molar-refractivity contribution is -0.385. The first-order valence-corrected chi connectivity index (χ1v) is 11.5. The van der Waals surface area contributed by atoms with Crippen molar-refractivity contribution >= 4 is 11.5 Å². The predicted molar refractivity (Wildman–Crippen MR) is 128 cm³/mol. The van der Waals surface area contributed by atoms with Crippen LogP contribution in [0.15, 0.2) is 48.8 Å². The van der Waals surface area contributed by atoms with Crippen molar-refractivity contribution in [3.63, 3.8) is 0 Å². The van der Waals surface area contributed by atoms with E-state index in [0.717, 1.165) is 23.6 Å². The molecule has 1 N–H and O–H groups in total. The highest BCUT2D eigenvalue weighted by Crippen LogP contribution is 2.37. The zero-order valence-corrected chi connectivity index (χ0v) is 19.4. The number of nitro groups is 1. The van der Waals surface area contributed by atoms with Crippen LogP contribution in [0, 0.1) is 10.1 Å². The zero-order chi connectivity index (χ0) is 24.9. The zero-order valence-electron chi connectivity index (χ0n) is 19.4. The van der Waals surface area contributed by atoms with E-state index in [1.165, 1.54) is 6.33 Å². The average Bonchev–Trinajstić information content (AvgIpc) is 3.36. The molecule has 1 fully saturated rings. The van der Waals surface area contributed by atoms with Crippen molar-refractivity contribution < 1.29 is 29.0 Å². The summed E-state index contributed by atoms with van der Waals surface area (Å²) in [6.07, 6.45) is 1.27. The van der Waals surface area contributed by atoms with Crippen molar-refractivity contribution in [2.45, 2.75) is 6.54 Å². The van der Waals surface area contributed by atoms with Crippen molar-refractivity contribution in [2.75, 3.05) is 51.1 Å². The van der Waals surface area contributed by atoms with E-state index in [1.807, 2.05) is 23.1 Å². The molecule has 0 spiro atoms. The number of hydrogen-bond acceptors (Lipinski definition) is 11. The Morgan fingerprint density at radius 2 is 1.83 bits per heavy atom. The molecule has 12 nitrogen and oxygen atoms in total. The van der Waals surface area contributed by atoms with Crippen LogP contribution >= 0.6 is 0 Å². The van der Waals surface area contributed by atoms with E-state index < -0.39 is 4.92 Å². The van der Waals surface area contributed by atoms with E-state index in [1.54, 1.807) is 24.3 Å². The molecule has 1 aromatic heterocycles. The molecular formula is C24H25N5O7. The SMILES string of the molecule is O=[N+]([O-])c1c(Oc2cccc(OCCO)c2)ncnc1N1CCN(Cc2ccc3c(c2)OCO3)CC1. The highest BCUT2D eigenvalue weighted by Gasteiger charge is 2.31. The van der Waals surface area contributed by atoms with Crippen LogP contribution in [0.1, 0.15) is 5.56 Å². The summed E-state index contributed by atoms with van der Waals surface area (Å²) in [5.74, 6) is 2.37. The minimum atomic E-state index is -0.518. The van der Waals surface area contributed by atoms with Gasteiger partial charge in [-0.05, 0) is 29.8 Å². The summed E-state index contributed by atoms with van der Waals surface area (Å²) in [5.41, 5.74) is 0.824. The molecule has 0 radical (unpaired) electrons. The number of aliphatic hydroxyl groups excluding tert-OH is 1. The fraction of sp³-hybridized carbons (Fsp3) is 0.333. The van der Waals surface area contributed by atoms with Crippen LogP contribution in [0.4, 0.5) is 11.5 Å². The van der Waals surface area contributed by atoms with E-state index in [4.69, 9.17) is 24.1 Å². The third kappa shape index (κ3) is 5.24. The molecule has 0 amide bonds. The minimum absolute atomic E-state index is 0.127. The van der Waals surface area contributed by atoms with Crippen LogP contribution in [-0.4, -0.2) is 71.1 Å². The number of anilines is 1. The standard InChI is InChI=1S/C24H25N5O7/c30-10-11-33-18-2-1-3-19(13-18)36-24-22(29(31)32)23(25-15-26-24)28-8-6-27(7-9-28)14-17-4-5-20-21(12-17)35-16-34-20/h1-5,12-13,15,30H,6-11,14,16H2. The van der Waals surface area contributed by atoms with Crippen molar-refractivity contribution in [3.05, 3.63) is 64.5 Å². The molecular weight excluding hydrogens is 470 g/mol. The quantitative estimate of drug-likeness (QED) is 0.347. The second kappa shape index (κ2) is 10.6. The van der Waals surface area contributed by atoms with Crippen LogP contribution in [0.3, 0.4) is 0 Å². The van der Waals surface area contributed by atoms with Gasteiger partial charge in [-0.15, -0.1) is 0 Å². The van der Waals surface area contributed by atoms with Crippen molar-refractivity contribution in [1.29, 1.82) is 0 Å². The summed E-state index contributed by atoms with van der Waals surface area (Å²) in [6, 6.07) is 12.5. The van der Waals surface area contributed by atoms with Crippen LogP contribution in [0.2, 0.25) is 0 Å². The van der Waals surface area contributed by atoms with Crippen molar-refractivity contribution in [3.8, 4) is 28.9 Å². The molecule has 3 aromatic rings. The first-order valence-electron chi connectivity index (χ1n) is 11.5. The van der Waals surface area contributed by atoms with Crippen LogP contribution in [-0.2, 0) is 6.54 Å². The van der Waals surface area contributed by atoms with Crippen molar-refractivity contribution in [1.82, 2.24) is 14.9 Å². The fourth-order valence-electron chi connectivity index (χ4n) is 4.14. The number of ether oxygens (including phenoxy) is 4. The van der Waals surface area contributed by atoms with E-state index >= 15 is 0 Å². The Balaban J connectivity index is 1.27. The smallest absolute Gasteiger partial charge is 0.373 e. The largest absolute Gasteiger partial charge is 0.491 e. The summed E-state index contributed by atoms with van der Waals surface area (Å²) in [4.78, 5) is 23.9. The molecule has 0 aliphatic carbocycles. The summed E-state index contributed by atoms with van der Waals surface area (Å²) in [6.45, 7) is 3.51. The fourth-order valence-corrected chi connectivity index (χ4v) is 4.14. The van der Waals surface area contributed by atoms with Gasteiger partial charge in [-0.25, -0.2) is 4.98 Å². The average molecular weight is 495 g/mol. The maximum absolute atomic E-state index is 12.0. The van der Waals surface area contributed by atoms with Gasteiger partial charge < -0.3 is 29.0 Å². The summed E-state index contributed by atoms with van der Waals surface area (Å²) in [5, 5.41) is 21.0. The lowest BCUT2D eigenvalue weighted by Crippen LogP contribution is -2.46. The third-order valence-corrected chi connectivity index (χ3v) is 5.85. The number of aliphatic hydroxyl groups is 1. The maximum Gasteiger partial charge on any atom is 0.373 e. The van der Waals surface area contributed by atoms with Gasteiger partial charge >= 0.3 is 11.6 Å². The van der Waals surface area contributed by atoms with E-state index in [2.05, 4.69) is 14.9 Å². The first-order chi connectivity index (χ1) is 17.6. The molecule has 2 aromatic carbocycles.